The number of para-hydroxylation sites is 1. The second-order valence-electron chi connectivity index (χ2n) is 5.07. The number of carboxylic acids is 1. The van der Waals surface area contributed by atoms with Gasteiger partial charge in [0.25, 0.3) is 5.91 Å². The number of likely N-dealkylation sites (N-methyl/N-ethyl adjacent to an activating group) is 1. The number of aliphatic carboxylic acids is 1. The fraction of sp³-hybridized carbons (Fsp3) is 0.312. The number of benzene rings is 1. The Labute approximate surface area is 133 Å². The van der Waals surface area contributed by atoms with Gasteiger partial charge in [-0.2, -0.15) is 0 Å². The third kappa shape index (κ3) is 4.32. The molecule has 7 heteroatoms. The van der Waals surface area contributed by atoms with Crippen molar-refractivity contribution < 1.29 is 19.5 Å². The van der Waals surface area contributed by atoms with E-state index < -0.39 is 5.97 Å². The first-order chi connectivity index (χ1) is 11.0. The number of rotatable bonds is 7. The summed E-state index contributed by atoms with van der Waals surface area (Å²) in [5.41, 5.74) is 1.23. The van der Waals surface area contributed by atoms with Crippen LogP contribution in [-0.2, 0) is 9.59 Å². The van der Waals surface area contributed by atoms with Gasteiger partial charge in [0.15, 0.2) is 0 Å². The molecule has 0 saturated heterocycles. The van der Waals surface area contributed by atoms with Gasteiger partial charge in [0.1, 0.15) is 5.69 Å². The van der Waals surface area contributed by atoms with E-state index in [0.717, 1.165) is 10.9 Å². The molecule has 0 fully saturated rings. The smallest absolute Gasteiger partial charge is 0.305 e. The van der Waals surface area contributed by atoms with Crippen LogP contribution in [0.3, 0.4) is 0 Å². The number of aromatic amines is 1. The molecule has 0 atom stereocenters. The molecule has 2 rings (SSSR count). The Bertz CT molecular complexity index is 690. The number of nitrogens with one attached hydrogen (secondary N) is 2. The van der Waals surface area contributed by atoms with Crippen molar-refractivity contribution in [2.24, 2.45) is 0 Å². The molecule has 0 aliphatic carbocycles. The molecule has 2 amide bonds. The van der Waals surface area contributed by atoms with E-state index in [2.05, 4.69) is 10.3 Å². The van der Waals surface area contributed by atoms with E-state index in [4.69, 9.17) is 5.11 Å². The van der Waals surface area contributed by atoms with Crippen molar-refractivity contribution in [1.29, 1.82) is 0 Å². The first-order valence-electron chi connectivity index (χ1n) is 7.36. The van der Waals surface area contributed by atoms with Gasteiger partial charge < -0.3 is 20.3 Å². The van der Waals surface area contributed by atoms with Gasteiger partial charge >= 0.3 is 5.97 Å². The minimum absolute atomic E-state index is 0.116. The number of carboxylic acid groups (broad SMARTS) is 1. The van der Waals surface area contributed by atoms with Crippen LogP contribution in [0.5, 0.6) is 0 Å². The lowest BCUT2D eigenvalue weighted by atomic mass is 10.2. The minimum atomic E-state index is -0.960. The summed E-state index contributed by atoms with van der Waals surface area (Å²) < 4.78 is 0. The lowest BCUT2D eigenvalue weighted by Crippen LogP contribution is -2.41. The molecular weight excluding hydrogens is 298 g/mol. The number of H-pyrrole nitrogens is 1. The van der Waals surface area contributed by atoms with Crippen molar-refractivity contribution in [3.05, 3.63) is 36.0 Å². The summed E-state index contributed by atoms with van der Waals surface area (Å²) in [6.45, 7) is 2.13. The molecule has 122 valence electrons. The summed E-state index contributed by atoms with van der Waals surface area (Å²) in [6, 6.07) is 9.21. The Morgan fingerprint density at radius 2 is 2.00 bits per heavy atom. The molecule has 0 unspecified atom stereocenters. The predicted octanol–water partition coefficient (Wildman–Crippen LogP) is 1.22. The van der Waals surface area contributed by atoms with Crippen LogP contribution >= 0.6 is 0 Å². The Hall–Kier alpha value is -2.83. The van der Waals surface area contributed by atoms with Crippen molar-refractivity contribution in [2.45, 2.75) is 13.3 Å². The summed E-state index contributed by atoms with van der Waals surface area (Å²) in [6.07, 6.45) is -0.116. The molecule has 0 aliphatic rings. The zero-order valence-corrected chi connectivity index (χ0v) is 12.8. The third-order valence-electron chi connectivity index (χ3n) is 3.50. The van der Waals surface area contributed by atoms with Crippen molar-refractivity contribution in [3.8, 4) is 0 Å². The van der Waals surface area contributed by atoms with E-state index in [1.54, 1.807) is 13.0 Å². The number of hydrogen-bond acceptors (Lipinski definition) is 3. The molecule has 0 bridgehead atoms. The van der Waals surface area contributed by atoms with Crippen LogP contribution in [0.1, 0.15) is 23.8 Å². The molecule has 1 aromatic carbocycles. The van der Waals surface area contributed by atoms with Crippen LogP contribution in [0, 0.1) is 0 Å². The first-order valence-corrected chi connectivity index (χ1v) is 7.36. The Morgan fingerprint density at radius 1 is 1.26 bits per heavy atom. The molecule has 1 aromatic heterocycles. The lowest BCUT2D eigenvalue weighted by Gasteiger charge is -2.20. The second kappa shape index (κ2) is 7.44. The highest BCUT2D eigenvalue weighted by Crippen LogP contribution is 2.14. The third-order valence-corrected chi connectivity index (χ3v) is 3.50. The zero-order chi connectivity index (χ0) is 16.8. The summed E-state index contributed by atoms with van der Waals surface area (Å²) in [5.74, 6) is -1.64. The maximum atomic E-state index is 12.1. The molecule has 0 saturated carbocycles. The van der Waals surface area contributed by atoms with Crippen molar-refractivity contribution >= 4 is 28.7 Å². The highest BCUT2D eigenvalue weighted by atomic mass is 16.4. The van der Waals surface area contributed by atoms with Gasteiger partial charge in [-0.3, -0.25) is 14.4 Å². The Balaban J connectivity index is 1.92. The molecule has 7 nitrogen and oxygen atoms in total. The van der Waals surface area contributed by atoms with E-state index in [9.17, 15) is 14.4 Å². The molecular formula is C16H19N3O4. The summed E-state index contributed by atoms with van der Waals surface area (Å²) in [5, 5.41) is 12.1. The van der Waals surface area contributed by atoms with Crippen molar-refractivity contribution in [2.75, 3.05) is 19.6 Å². The summed E-state index contributed by atoms with van der Waals surface area (Å²) in [4.78, 5) is 39.0. The zero-order valence-electron chi connectivity index (χ0n) is 12.8. The van der Waals surface area contributed by atoms with Gasteiger partial charge in [-0.15, -0.1) is 0 Å². The quantitative estimate of drug-likeness (QED) is 0.714. The van der Waals surface area contributed by atoms with E-state index in [1.165, 1.54) is 4.90 Å². The van der Waals surface area contributed by atoms with Crippen molar-refractivity contribution in [3.63, 3.8) is 0 Å². The molecule has 1 heterocycles. The molecule has 0 radical (unpaired) electrons. The lowest BCUT2D eigenvalue weighted by molar-refractivity contribution is -0.138. The first kappa shape index (κ1) is 16.5. The van der Waals surface area contributed by atoms with Crippen LogP contribution in [0.15, 0.2) is 30.3 Å². The maximum Gasteiger partial charge on any atom is 0.305 e. The van der Waals surface area contributed by atoms with Crippen LogP contribution in [0.2, 0.25) is 0 Å². The predicted molar refractivity (Wildman–Crippen MR) is 85.1 cm³/mol. The normalized spacial score (nSPS) is 10.5. The number of hydrogen-bond donors (Lipinski definition) is 3. The van der Waals surface area contributed by atoms with Crippen LogP contribution in [-0.4, -0.2) is 52.4 Å². The maximum absolute atomic E-state index is 12.1. The van der Waals surface area contributed by atoms with E-state index in [1.807, 2.05) is 24.3 Å². The second-order valence-corrected chi connectivity index (χ2v) is 5.07. The van der Waals surface area contributed by atoms with Gasteiger partial charge in [0, 0.05) is 24.0 Å². The Morgan fingerprint density at radius 3 is 2.65 bits per heavy atom. The summed E-state index contributed by atoms with van der Waals surface area (Å²) in [7, 11) is 0. The number of fused-ring (bicyclic) bond motifs is 1. The van der Waals surface area contributed by atoms with Crippen LogP contribution in [0.25, 0.3) is 10.9 Å². The average molecular weight is 317 g/mol. The van der Waals surface area contributed by atoms with Gasteiger partial charge in [-0.05, 0) is 19.1 Å². The van der Waals surface area contributed by atoms with Gasteiger partial charge in [-0.1, -0.05) is 18.2 Å². The largest absolute Gasteiger partial charge is 0.481 e. The molecule has 23 heavy (non-hydrogen) atoms. The monoisotopic (exact) mass is 317 g/mol. The van der Waals surface area contributed by atoms with Gasteiger partial charge in [0.05, 0.1) is 13.0 Å². The number of amides is 2. The highest BCUT2D eigenvalue weighted by molar-refractivity contribution is 5.99. The Kier molecular flexibility index (Phi) is 5.35. The van der Waals surface area contributed by atoms with E-state index in [-0.39, 0.29) is 31.3 Å². The van der Waals surface area contributed by atoms with Crippen molar-refractivity contribution in [1.82, 2.24) is 15.2 Å². The summed E-state index contributed by atoms with van der Waals surface area (Å²) >= 11 is 0. The molecule has 2 aromatic rings. The number of carbonyl (C=O) groups excluding carboxylic acids is 2. The number of carbonyl (C=O) groups is 3. The standard InChI is InChI=1S/C16H19N3O4/c1-2-19(8-7-15(21)22)14(20)10-17-16(23)13-9-11-5-3-4-6-12(11)18-13/h3-6,9,18H,2,7-8,10H2,1H3,(H,17,23)(H,21,22). The topological polar surface area (TPSA) is 102 Å². The fourth-order valence-corrected chi connectivity index (χ4v) is 2.25. The van der Waals surface area contributed by atoms with E-state index >= 15 is 0 Å². The number of nitrogens with zero attached hydrogens (tertiary/aromatic N) is 1. The fourth-order valence-electron chi connectivity index (χ4n) is 2.25. The molecule has 3 N–H and O–H groups in total. The highest BCUT2D eigenvalue weighted by Gasteiger charge is 2.15. The van der Waals surface area contributed by atoms with Crippen LogP contribution in [0.4, 0.5) is 0 Å². The molecule has 0 aliphatic heterocycles. The van der Waals surface area contributed by atoms with Crippen LogP contribution < -0.4 is 5.32 Å². The average Bonchev–Trinajstić information content (AvgIpc) is 2.97. The minimum Gasteiger partial charge on any atom is -0.481 e. The van der Waals surface area contributed by atoms with Gasteiger partial charge in [-0.25, -0.2) is 0 Å². The SMILES string of the molecule is CCN(CCC(=O)O)C(=O)CNC(=O)c1cc2ccccc2[nH]1. The van der Waals surface area contributed by atoms with Gasteiger partial charge in [0.2, 0.25) is 5.91 Å². The number of aromatic nitrogens is 1. The molecule has 0 spiro atoms. The van der Waals surface area contributed by atoms with E-state index in [0.29, 0.717) is 12.2 Å².